The zero-order chi connectivity index (χ0) is 20.7. The van der Waals surface area contributed by atoms with E-state index in [1.54, 1.807) is 11.3 Å². The van der Waals surface area contributed by atoms with Crippen LogP contribution in [0, 0.1) is 0 Å². The molecule has 9 heteroatoms. The average Bonchev–Trinajstić information content (AvgIpc) is 3.26. The third-order valence-corrected chi connectivity index (χ3v) is 5.13. The van der Waals surface area contributed by atoms with Crippen LogP contribution in [-0.2, 0) is 33.0 Å². The average molecular weight is 415 g/mol. The summed E-state index contributed by atoms with van der Waals surface area (Å²) in [4.78, 5) is 32.3. The van der Waals surface area contributed by atoms with Crippen LogP contribution in [0.1, 0.15) is 16.3 Å². The first-order valence-electron chi connectivity index (χ1n) is 8.76. The Labute approximate surface area is 171 Å². The number of H-pyrrole nitrogens is 1. The van der Waals surface area contributed by atoms with Gasteiger partial charge in [0.25, 0.3) is 5.56 Å². The van der Waals surface area contributed by atoms with Gasteiger partial charge in [0.2, 0.25) is 5.79 Å². The van der Waals surface area contributed by atoms with E-state index >= 15 is 0 Å². The molecule has 1 aromatic carbocycles. The molecule has 2 N–H and O–H groups in total. The Morgan fingerprint density at radius 2 is 1.93 bits per heavy atom. The summed E-state index contributed by atoms with van der Waals surface area (Å²) < 4.78 is 16.2. The molecule has 0 unspecified atom stereocenters. The highest BCUT2D eigenvalue weighted by Gasteiger charge is 2.36. The highest BCUT2D eigenvalue weighted by molar-refractivity contribution is 7.09. The number of methoxy groups -OCH3 is 2. The quantitative estimate of drug-likeness (QED) is 0.548. The molecule has 0 radical (unpaired) electrons. The Kier molecular flexibility index (Phi) is 6.76. The standard InChI is InChI=1S/C20H21N3O5S/c1-26-20(27-2,11-15-9-6-10-29-15)18-21-12-16(17(24)23-18)22-19(25)28-13-14-7-4-3-5-8-14/h3-10,12H,11,13H2,1-2H3,(H,22,25)(H,21,23,24). The van der Waals surface area contributed by atoms with E-state index < -0.39 is 17.4 Å². The number of hydrogen-bond donors (Lipinski definition) is 2. The van der Waals surface area contributed by atoms with Gasteiger partial charge >= 0.3 is 6.09 Å². The van der Waals surface area contributed by atoms with Crippen LogP contribution in [-0.4, -0.2) is 30.3 Å². The van der Waals surface area contributed by atoms with E-state index in [1.165, 1.54) is 20.4 Å². The first-order valence-corrected chi connectivity index (χ1v) is 9.64. The molecule has 152 valence electrons. The first-order chi connectivity index (χ1) is 14.1. The third-order valence-electron chi connectivity index (χ3n) is 4.26. The van der Waals surface area contributed by atoms with Crippen molar-refractivity contribution in [3.63, 3.8) is 0 Å². The molecular weight excluding hydrogens is 394 g/mol. The highest BCUT2D eigenvalue weighted by Crippen LogP contribution is 2.29. The van der Waals surface area contributed by atoms with Gasteiger partial charge in [-0.15, -0.1) is 11.3 Å². The minimum absolute atomic E-state index is 0.0379. The molecule has 2 heterocycles. The number of thiophene rings is 1. The van der Waals surface area contributed by atoms with Gasteiger partial charge in [-0.1, -0.05) is 36.4 Å². The van der Waals surface area contributed by atoms with Crippen molar-refractivity contribution in [3.05, 3.63) is 80.7 Å². The molecule has 0 aliphatic carbocycles. The summed E-state index contributed by atoms with van der Waals surface area (Å²) in [5, 5.41) is 4.33. The number of anilines is 1. The molecule has 2 aromatic heterocycles. The van der Waals surface area contributed by atoms with E-state index in [4.69, 9.17) is 14.2 Å². The molecular formula is C20H21N3O5S. The van der Waals surface area contributed by atoms with Crippen LogP contribution >= 0.6 is 11.3 Å². The number of nitrogens with one attached hydrogen (secondary N) is 2. The second-order valence-corrected chi connectivity index (χ2v) is 7.11. The van der Waals surface area contributed by atoms with Crippen molar-refractivity contribution in [2.24, 2.45) is 0 Å². The lowest BCUT2D eigenvalue weighted by Gasteiger charge is -2.29. The van der Waals surface area contributed by atoms with Crippen LogP contribution < -0.4 is 10.9 Å². The van der Waals surface area contributed by atoms with Crippen molar-refractivity contribution >= 4 is 23.1 Å². The van der Waals surface area contributed by atoms with E-state index in [0.717, 1.165) is 10.4 Å². The number of aromatic amines is 1. The molecule has 8 nitrogen and oxygen atoms in total. The largest absolute Gasteiger partial charge is 0.444 e. The Morgan fingerprint density at radius 1 is 1.17 bits per heavy atom. The minimum atomic E-state index is -1.25. The Bertz CT molecular complexity index is 985. The zero-order valence-corrected chi connectivity index (χ0v) is 16.8. The van der Waals surface area contributed by atoms with Gasteiger partial charge in [-0.2, -0.15) is 0 Å². The van der Waals surface area contributed by atoms with Gasteiger partial charge in [0.15, 0.2) is 5.82 Å². The summed E-state index contributed by atoms with van der Waals surface area (Å²) in [6.07, 6.45) is 0.864. The number of nitrogens with zero attached hydrogens (tertiary/aromatic N) is 1. The number of hydrogen-bond acceptors (Lipinski definition) is 7. The summed E-state index contributed by atoms with van der Waals surface area (Å²) in [6, 6.07) is 13.1. The van der Waals surface area contributed by atoms with Gasteiger partial charge in [0.1, 0.15) is 12.3 Å². The maximum Gasteiger partial charge on any atom is 0.412 e. The second-order valence-electron chi connectivity index (χ2n) is 6.08. The van der Waals surface area contributed by atoms with Gasteiger partial charge in [-0.05, 0) is 17.0 Å². The summed E-state index contributed by atoms with van der Waals surface area (Å²) >= 11 is 1.54. The number of benzene rings is 1. The third kappa shape index (κ3) is 5.08. The lowest BCUT2D eigenvalue weighted by atomic mass is 10.1. The van der Waals surface area contributed by atoms with E-state index in [0.29, 0.717) is 6.42 Å². The predicted molar refractivity (Wildman–Crippen MR) is 109 cm³/mol. The molecule has 3 aromatic rings. The molecule has 0 aliphatic heterocycles. The molecule has 0 atom stereocenters. The summed E-state index contributed by atoms with van der Waals surface area (Å²) in [7, 11) is 2.95. The fourth-order valence-electron chi connectivity index (χ4n) is 2.69. The number of carbonyl (C=O) groups excluding carboxylic acids is 1. The van der Waals surface area contributed by atoms with Crippen molar-refractivity contribution in [2.45, 2.75) is 18.8 Å². The normalized spacial score (nSPS) is 11.2. The lowest BCUT2D eigenvalue weighted by molar-refractivity contribution is -0.220. The SMILES string of the molecule is COC(Cc1cccs1)(OC)c1ncc(NC(=O)OCc2ccccc2)c(=O)[nH]1. The van der Waals surface area contributed by atoms with Crippen molar-refractivity contribution in [1.82, 2.24) is 9.97 Å². The van der Waals surface area contributed by atoms with Crippen molar-refractivity contribution in [3.8, 4) is 0 Å². The van der Waals surface area contributed by atoms with Crippen LogP contribution in [0.25, 0.3) is 0 Å². The maximum atomic E-state index is 12.5. The van der Waals surface area contributed by atoms with Gasteiger partial charge in [-0.3, -0.25) is 10.1 Å². The fourth-order valence-corrected chi connectivity index (χ4v) is 3.46. The van der Waals surface area contributed by atoms with Crippen LogP contribution in [0.3, 0.4) is 0 Å². The molecule has 0 aliphatic rings. The smallest absolute Gasteiger partial charge is 0.412 e. The fraction of sp³-hybridized carbons (Fsp3) is 0.250. The number of aromatic nitrogens is 2. The van der Waals surface area contributed by atoms with E-state index in [1.807, 2.05) is 47.8 Å². The Hall–Kier alpha value is -3.01. The molecule has 0 fully saturated rings. The minimum Gasteiger partial charge on any atom is -0.444 e. The predicted octanol–water partition coefficient (Wildman–Crippen LogP) is 3.27. The summed E-state index contributed by atoms with van der Waals surface area (Å²) in [5.41, 5.74) is 0.254. The van der Waals surface area contributed by atoms with Crippen LogP contribution in [0.5, 0.6) is 0 Å². The first kappa shape index (κ1) is 20.7. The molecule has 3 rings (SSSR count). The molecule has 1 amide bonds. The monoisotopic (exact) mass is 415 g/mol. The molecule has 0 bridgehead atoms. The topological polar surface area (TPSA) is 103 Å². The van der Waals surface area contributed by atoms with E-state index in [-0.39, 0.29) is 18.1 Å². The molecule has 0 saturated heterocycles. The highest BCUT2D eigenvalue weighted by atomic mass is 32.1. The van der Waals surface area contributed by atoms with Gasteiger partial charge < -0.3 is 19.2 Å². The molecule has 0 spiro atoms. The zero-order valence-electron chi connectivity index (χ0n) is 16.0. The second kappa shape index (κ2) is 9.46. The van der Waals surface area contributed by atoms with Gasteiger partial charge in [0.05, 0.1) is 6.20 Å². The van der Waals surface area contributed by atoms with E-state index in [2.05, 4.69) is 15.3 Å². The van der Waals surface area contributed by atoms with Crippen LogP contribution in [0.4, 0.5) is 10.5 Å². The number of carbonyl (C=O) groups is 1. The van der Waals surface area contributed by atoms with Gasteiger partial charge in [0, 0.05) is 25.5 Å². The van der Waals surface area contributed by atoms with Crippen LogP contribution in [0.2, 0.25) is 0 Å². The van der Waals surface area contributed by atoms with Crippen LogP contribution in [0.15, 0.2) is 58.8 Å². The molecule has 0 saturated carbocycles. The Morgan fingerprint density at radius 3 is 2.55 bits per heavy atom. The van der Waals surface area contributed by atoms with Crippen molar-refractivity contribution < 1.29 is 19.0 Å². The van der Waals surface area contributed by atoms with E-state index in [9.17, 15) is 9.59 Å². The number of ether oxygens (including phenoxy) is 3. The van der Waals surface area contributed by atoms with Crippen molar-refractivity contribution in [2.75, 3.05) is 19.5 Å². The van der Waals surface area contributed by atoms with Gasteiger partial charge in [-0.25, -0.2) is 9.78 Å². The van der Waals surface area contributed by atoms with Crippen molar-refractivity contribution in [1.29, 1.82) is 0 Å². The molecule has 29 heavy (non-hydrogen) atoms. The number of rotatable bonds is 8. The number of amides is 1. The lowest BCUT2D eigenvalue weighted by Crippen LogP contribution is -2.37. The maximum absolute atomic E-state index is 12.5. The summed E-state index contributed by atoms with van der Waals surface area (Å²) in [6.45, 7) is 0.0906. The Balaban J connectivity index is 1.71. The summed E-state index contributed by atoms with van der Waals surface area (Å²) in [5.74, 6) is -1.06.